The first kappa shape index (κ1) is 12.6. The van der Waals surface area contributed by atoms with Crippen molar-refractivity contribution in [2.45, 2.75) is 39.5 Å². The number of carbonyl (C=O) groups is 2. The van der Waals surface area contributed by atoms with Crippen LogP contribution in [0.5, 0.6) is 0 Å². The number of unbranched alkanes of at least 4 members (excludes halogenated alkanes) is 1. The third-order valence-electron chi connectivity index (χ3n) is 2.61. The predicted octanol–water partition coefficient (Wildman–Crippen LogP) is 3.33. The van der Waals surface area contributed by atoms with Gasteiger partial charge in [0.25, 0.3) is 0 Å². The Morgan fingerprint density at radius 3 is 2.50 bits per heavy atom. The van der Waals surface area contributed by atoms with E-state index in [1.54, 1.807) is 6.07 Å². The first-order valence-electron chi connectivity index (χ1n) is 5.75. The van der Waals surface area contributed by atoms with E-state index in [1.165, 1.54) is 0 Å². The van der Waals surface area contributed by atoms with Gasteiger partial charge >= 0.3 is 0 Å². The molecule has 0 fully saturated rings. The summed E-state index contributed by atoms with van der Waals surface area (Å²) in [7, 11) is 0. The second kappa shape index (κ2) is 6.21. The highest BCUT2D eigenvalue weighted by Crippen LogP contribution is 2.11. The van der Waals surface area contributed by atoms with Crippen molar-refractivity contribution in [1.29, 1.82) is 0 Å². The molecule has 0 saturated heterocycles. The molecule has 1 aromatic carbocycles. The molecule has 0 aromatic heterocycles. The van der Waals surface area contributed by atoms with Crippen molar-refractivity contribution in [2.24, 2.45) is 0 Å². The number of ketones is 2. The molecule has 1 rings (SSSR count). The van der Waals surface area contributed by atoms with Crippen LogP contribution in [0.4, 0.5) is 0 Å². The highest BCUT2D eigenvalue weighted by molar-refractivity contribution is 6.08. The molecule has 0 bridgehead atoms. The van der Waals surface area contributed by atoms with Crippen LogP contribution in [0.2, 0.25) is 0 Å². The van der Waals surface area contributed by atoms with Crippen molar-refractivity contribution >= 4 is 11.6 Å². The van der Waals surface area contributed by atoms with Gasteiger partial charge < -0.3 is 0 Å². The van der Waals surface area contributed by atoms with Crippen molar-refractivity contribution in [3.8, 4) is 0 Å². The monoisotopic (exact) mass is 218 g/mol. The van der Waals surface area contributed by atoms with Crippen molar-refractivity contribution in [3.05, 3.63) is 35.4 Å². The number of hydrogen-bond donors (Lipinski definition) is 0. The first-order chi connectivity index (χ1) is 7.65. The summed E-state index contributed by atoms with van der Waals surface area (Å²) < 4.78 is 0. The zero-order valence-electron chi connectivity index (χ0n) is 9.95. The van der Waals surface area contributed by atoms with Crippen LogP contribution in [-0.2, 0) is 4.79 Å². The van der Waals surface area contributed by atoms with Gasteiger partial charge in [-0.05, 0) is 18.9 Å². The van der Waals surface area contributed by atoms with E-state index in [9.17, 15) is 9.59 Å². The maximum atomic E-state index is 11.8. The van der Waals surface area contributed by atoms with Crippen molar-refractivity contribution < 1.29 is 9.59 Å². The molecule has 0 aliphatic rings. The fourth-order valence-electron chi connectivity index (χ4n) is 1.62. The molecule has 0 unspecified atom stereocenters. The van der Waals surface area contributed by atoms with E-state index in [1.807, 2.05) is 32.0 Å². The van der Waals surface area contributed by atoms with E-state index in [0.29, 0.717) is 12.0 Å². The van der Waals surface area contributed by atoms with Gasteiger partial charge in [0.05, 0.1) is 6.42 Å². The number of Topliss-reactive ketones (excluding diaryl/α,β-unsaturated/α-hetero) is 2. The summed E-state index contributed by atoms with van der Waals surface area (Å²) in [4.78, 5) is 23.3. The van der Waals surface area contributed by atoms with Crippen molar-refractivity contribution in [2.75, 3.05) is 0 Å². The topological polar surface area (TPSA) is 34.1 Å². The normalized spacial score (nSPS) is 10.1. The summed E-state index contributed by atoms with van der Waals surface area (Å²) in [5.74, 6) is -0.00527. The summed E-state index contributed by atoms with van der Waals surface area (Å²) in [6.45, 7) is 3.93. The van der Waals surface area contributed by atoms with Crippen LogP contribution < -0.4 is 0 Å². The Kier molecular flexibility index (Phi) is 4.90. The molecular weight excluding hydrogens is 200 g/mol. The zero-order valence-corrected chi connectivity index (χ0v) is 9.95. The van der Waals surface area contributed by atoms with E-state index in [4.69, 9.17) is 0 Å². The maximum Gasteiger partial charge on any atom is 0.170 e. The molecule has 0 N–H and O–H groups in total. The zero-order chi connectivity index (χ0) is 12.0. The van der Waals surface area contributed by atoms with Crippen LogP contribution in [-0.4, -0.2) is 11.6 Å². The molecule has 1 aromatic rings. The lowest BCUT2D eigenvalue weighted by Gasteiger charge is -2.03. The summed E-state index contributed by atoms with van der Waals surface area (Å²) in [6, 6.07) is 7.40. The Labute approximate surface area is 96.7 Å². The van der Waals surface area contributed by atoms with Gasteiger partial charge in [-0.3, -0.25) is 9.59 Å². The smallest absolute Gasteiger partial charge is 0.170 e. The molecule has 2 heteroatoms. The molecule has 0 radical (unpaired) electrons. The molecular formula is C14H18O2. The van der Waals surface area contributed by atoms with Gasteiger partial charge in [0, 0.05) is 12.0 Å². The Balaban J connectivity index is 2.59. The lowest BCUT2D eigenvalue weighted by molar-refractivity contribution is -0.118. The van der Waals surface area contributed by atoms with Gasteiger partial charge in [0.2, 0.25) is 0 Å². The quantitative estimate of drug-likeness (QED) is 0.542. The van der Waals surface area contributed by atoms with Crippen LogP contribution >= 0.6 is 0 Å². The SMILES string of the molecule is CCCCC(=O)CC(=O)c1ccccc1C. The molecule has 16 heavy (non-hydrogen) atoms. The average Bonchev–Trinajstić information content (AvgIpc) is 2.26. The lowest BCUT2D eigenvalue weighted by atomic mass is 9.99. The minimum absolute atomic E-state index is 0.0465. The van der Waals surface area contributed by atoms with Crippen molar-refractivity contribution in [3.63, 3.8) is 0 Å². The third kappa shape index (κ3) is 3.61. The van der Waals surface area contributed by atoms with Crippen LogP contribution in [0, 0.1) is 6.92 Å². The van der Waals surface area contributed by atoms with Crippen molar-refractivity contribution in [1.82, 2.24) is 0 Å². The average molecular weight is 218 g/mol. The standard InChI is InChI=1S/C14H18O2/c1-3-4-8-12(15)10-14(16)13-9-6-5-7-11(13)2/h5-7,9H,3-4,8,10H2,1-2H3. The lowest BCUT2D eigenvalue weighted by Crippen LogP contribution is -2.09. The van der Waals surface area contributed by atoms with Gasteiger partial charge in [-0.25, -0.2) is 0 Å². The highest BCUT2D eigenvalue weighted by atomic mass is 16.1. The fourth-order valence-corrected chi connectivity index (χ4v) is 1.62. The van der Waals surface area contributed by atoms with E-state index in [0.717, 1.165) is 18.4 Å². The third-order valence-corrected chi connectivity index (χ3v) is 2.61. The number of carbonyl (C=O) groups excluding carboxylic acids is 2. The van der Waals surface area contributed by atoms with Crippen LogP contribution in [0.3, 0.4) is 0 Å². The molecule has 0 amide bonds. The summed E-state index contributed by atoms with van der Waals surface area (Å²) in [6.07, 6.45) is 2.43. The first-order valence-corrected chi connectivity index (χ1v) is 5.75. The van der Waals surface area contributed by atoms with Gasteiger partial charge in [-0.1, -0.05) is 37.6 Å². The minimum atomic E-state index is -0.0563. The summed E-state index contributed by atoms with van der Waals surface area (Å²) in [5, 5.41) is 0. The Morgan fingerprint density at radius 2 is 1.88 bits per heavy atom. The predicted molar refractivity (Wildman–Crippen MR) is 64.7 cm³/mol. The van der Waals surface area contributed by atoms with Gasteiger partial charge in [-0.2, -0.15) is 0 Å². The molecule has 0 aliphatic carbocycles. The number of benzene rings is 1. The Bertz CT molecular complexity index is 380. The fraction of sp³-hybridized carbons (Fsp3) is 0.429. The van der Waals surface area contributed by atoms with Crippen LogP contribution in [0.25, 0.3) is 0 Å². The second-order valence-electron chi connectivity index (χ2n) is 4.06. The van der Waals surface area contributed by atoms with Crippen LogP contribution in [0.15, 0.2) is 24.3 Å². The number of hydrogen-bond acceptors (Lipinski definition) is 2. The Morgan fingerprint density at radius 1 is 1.19 bits per heavy atom. The number of rotatable bonds is 6. The second-order valence-corrected chi connectivity index (χ2v) is 4.06. The molecule has 0 aliphatic heterocycles. The highest BCUT2D eigenvalue weighted by Gasteiger charge is 2.12. The van der Waals surface area contributed by atoms with E-state index in [2.05, 4.69) is 0 Å². The largest absolute Gasteiger partial charge is 0.299 e. The molecule has 0 atom stereocenters. The number of aryl methyl sites for hydroxylation is 1. The van der Waals surface area contributed by atoms with Gasteiger partial charge in [-0.15, -0.1) is 0 Å². The van der Waals surface area contributed by atoms with E-state index >= 15 is 0 Å². The minimum Gasteiger partial charge on any atom is -0.299 e. The van der Waals surface area contributed by atoms with Gasteiger partial charge in [0.1, 0.15) is 5.78 Å². The summed E-state index contributed by atoms with van der Waals surface area (Å²) >= 11 is 0. The van der Waals surface area contributed by atoms with Crippen LogP contribution in [0.1, 0.15) is 48.5 Å². The molecule has 0 heterocycles. The van der Waals surface area contributed by atoms with E-state index in [-0.39, 0.29) is 18.0 Å². The Hall–Kier alpha value is -1.44. The molecule has 2 nitrogen and oxygen atoms in total. The van der Waals surface area contributed by atoms with E-state index < -0.39 is 0 Å². The molecule has 0 saturated carbocycles. The van der Waals surface area contributed by atoms with Gasteiger partial charge in [0.15, 0.2) is 5.78 Å². The molecule has 86 valence electrons. The maximum absolute atomic E-state index is 11.8. The summed E-state index contributed by atoms with van der Waals surface area (Å²) in [5.41, 5.74) is 1.61. The molecule has 0 spiro atoms.